The van der Waals surface area contributed by atoms with Gasteiger partial charge in [-0.2, -0.15) is 0 Å². The van der Waals surface area contributed by atoms with E-state index in [1.165, 1.54) is 36.3 Å². The molecule has 1 heterocycles. The second-order valence-corrected chi connectivity index (χ2v) is 6.15. The minimum atomic E-state index is 0.189. The van der Waals surface area contributed by atoms with Gasteiger partial charge in [-0.15, -0.1) is 11.3 Å². The highest BCUT2D eigenvalue weighted by Gasteiger charge is 2.24. The van der Waals surface area contributed by atoms with Crippen molar-refractivity contribution in [2.45, 2.75) is 51.4 Å². The van der Waals surface area contributed by atoms with Crippen LogP contribution in [0.2, 0.25) is 0 Å². The highest BCUT2D eigenvalue weighted by atomic mass is 32.1. The maximum absolute atomic E-state index is 12.0. The maximum atomic E-state index is 12.0. The average Bonchev–Trinajstić information content (AvgIpc) is 2.97. The van der Waals surface area contributed by atoms with E-state index in [1.807, 2.05) is 0 Å². The monoisotopic (exact) mass is 250 g/mol. The van der Waals surface area contributed by atoms with Gasteiger partial charge in [0.1, 0.15) is 0 Å². The minimum Gasteiger partial charge on any atom is -0.302 e. The van der Waals surface area contributed by atoms with Crippen LogP contribution in [0.4, 0.5) is 5.13 Å². The Morgan fingerprint density at radius 3 is 2.71 bits per heavy atom. The van der Waals surface area contributed by atoms with Crippen LogP contribution in [0.5, 0.6) is 0 Å². The van der Waals surface area contributed by atoms with Gasteiger partial charge in [-0.3, -0.25) is 4.79 Å². The first kappa shape index (κ1) is 11.2. The molecule has 0 radical (unpaired) electrons. The van der Waals surface area contributed by atoms with Gasteiger partial charge in [0.05, 0.1) is 5.69 Å². The van der Waals surface area contributed by atoms with E-state index < -0.39 is 0 Å². The largest absolute Gasteiger partial charge is 0.302 e. The number of hydrogen-bond donors (Lipinski definition) is 1. The molecule has 0 bridgehead atoms. The summed E-state index contributed by atoms with van der Waals surface area (Å²) >= 11 is 1.68. The third-order valence-corrected chi connectivity index (χ3v) is 4.87. The summed E-state index contributed by atoms with van der Waals surface area (Å²) in [5, 5.41) is 3.84. The van der Waals surface area contributed by atoms with Gasteiger partial charge in [-0.25, -0.2) is 4.98 Å². The number of hydrogen-bond acceptors (Lipinski definition) is 3. The Hall–Kier alpha value is -0.900. The van der Waals surface area contributed by atoms with E-state index in [-0.39, 0.29) is 11.8 Å². The molecule has 0 unspecified atom stereocenters. The van der Waals surface area contributed by atoms with Crippen molar-refractivity contribution in [3.05, 3.63) is 10.6 Å². The lowest BCUT2D eigenvalue weighted by Crippen LogP contribution is -2.20. The molecular formula is C13H18N2OS. The van der Waals surface area contributed by atoms with Gasteiger partial charge in [0, 0.05) is 10.8 Å². The summed E-state index contributed by atoms with van der Waals surface area (Å²) in [7, 11) is 0. The number of nitrogens with zero attached hydrogens (tertiary/aromatic N) is 1. The standard InChI is InChI=1S/C13H18N2OS/c16-12(9-5-1-2-6-9)15-13-14-10-7-3-4-8-11(10)17-13/h9H,1-8H2,(H,14,15,16). The molecule has 1 aromatic rings. The molecule has 1 saturated carbocycles. The first-order valence-electron chi connectivity index (χ1n) is 6.62. The summed E-state index contributed by atoms with van der Waals surface area (Å²) in [4.78, 5) is 17.9. The van der Waals surface area contributed by atoms with Crippen LogP contribution >= 0.6 is 11.3 Å². The molecule has 17 heavy (non-hydrogen) atoms. The quantitative estimate of drug-likeness (QED) is 0.876. The summed E-state index contributed by atoms with van der Waals surface area (Å²) in [5.41, 5.74) is 1.22. The van der Waals surface area contributed by atoms with Crippen molar-refractivity contribution in [1.29, 1.82) is 0 Å². The first-order chi connectivity index (χ1) is 8.33. The van der Waals surface area contributed by atoms with Gasteiger partial charge in [0.15, 0.2) is 5.13 Å². The van der Waals surface area contributed by atoms with Crippen LogP contribution in [0.15, 0.2) is 0 Å². The molecule has 2 aliphatic rings. The van der Waals surface area contributed by atoms with Crippen molar-refractivity contribution in [2.75, 3.05) is 5.32 Å². The van der Waals surface area contributed by atoms with Crippen LogP contribution in [0.25, 0.3) is 0 Å². The Morgan fingerprint density at radius 2 is 1.94 bits per heavy atom. The second kappa shape index (κ2) is 4.77. The molecule has 0 atom stereocenters. The smallest absolute Gasteiger partial charge is 0.229 e. The van der Waals surface area contributed by atoms with E-state index in [2.05, 4.69) is 10.3 Å². The summed E-state index contributed by atoms with van der Waals surface area (Å²) in [6, 6.07) is 0. The Labute approximate surface area is 106 Å². The number of rotatable bonds is 2. The average molecular weight is 250 g/mol. The lowest BCUT2D eigenvalue weighted by Gasteiger charge is -2.07. The molecule has 1 aromatic heterocycles. The number of aromatic nitrogens is 1. The molecule has 0 spiro atoms. The number of amides is 1. The first-order valence-corrected chi connectivity index (χ1v) is 7.44. The number of carbonyl (C=O) groups is 1. The van der Waals surface area contributed by atoms with Gasteiger partial charge in [-0.05, 0) is 38.5 Å². The molecule has 0 aliphatic heterocycles. The Kier molecular flexibility index (Phi) is 3.14. The van der Waals surface area contributed by atoms with E-state index >= 15 is 0 Å². The van der Waals surface area contributed by atoms with Crippen LogP contribution < -0.4 is 5.32 Å². The van der Waals surface area contributed by atoms with Crippen molar-refractivity contribution in [3.63, 3.8) is 0 Å². The van der Waals surface area contributed by atoms with Crippen molar-refractivity contribution >= 4 is 22.4 Å². The zero-order valence-electron chi connectivity index (χ0n) is 10.00. The van der Waals surface area contributed by atoms with E-state index in [0.717, 1.165) is 30.8 Å². The number of thiazole rings is 1. The number of fused-ring (bicyclic) bond motifs is 1. The Bertz CT molecular complexity index is 398. The fraction of sp³-hybridized carbons (Fsp3) is 0.692. The Morgan fingerprint density at radius 1 is 1.18 bits per heavy atom. The Balaban J connectivity index is 1.68. The SMILES string of the molecule is O=C(Nc1nc2c(s1)CCCC2)C1CCCC1. The summed E-state index contributed by atoms with van der Waals surface area (Å²) in [6.45, 7) is 0. The predicted octanol–water partition coefficient (Wildman–Crippen LogP) is 3.15. The van der Waals surface area contributed by atoms with E-state index in [0.29, 0.717) is 0 Å². The van der Waals surface area contributed by atoms with Gasteiger partial charge >= 0.3 is 0 Å². The van der Waals surface area contributed by atoms with Crippen molar-refractivity contribution < 1.29 is 4.79 Å². The van der Waals surface area contributed by atoms with Gasteiger partial charge in [-0.1, -0.05) is 12.8 Å². The zero-order valence-corrected chi connectivity index (χ0v) is 10.8. The van der Waals surface area contributed by atoms with Crippen LogP contribution in [0.3, 0.4) is 0 Å². The second-order valence-electron chi connectivity index (χ2n) is 5.07. The van der Waals surface area contributed by atoms with Crippen molar-refractivity contribution in [3.8, 4) is 0 Å². The number of carbonyl (C=O) groups excluding carboxylic acids is 1. The zero-order chi connectivity index (χ0) is 11.7. The molecule has 0 aromatic carbocycles. The number of nitrogens with one attached hydrogen (secondary N) is 1. The van der Waals surface area contributed by atoms with Crippen LogP contribution in [-0.4, -0.2) is 10.9 Å². The summed E-state index contributed by atoms with van der Waals surface area (Å²) < 4.78 is 0. The lowest BCUT2D eigenvalue weighted by atomic mass is 10.0. The molecule has 1 amide bonds. The predicted molar refractivity (Wildman–Crippen MR) is 69.3 cm³/mol. The van der Waals surface area contributed by atoms with Gasteiger partial charge < -0.3 is 5.32 Å². The topological polar surface area (TPSA) is 42.0 Å². The van der Waals surface area contributed by atoms with E-state index in [9.17, 15) is 4.79 Å². The normalized spacial score (nSPS) is 20.2. The van der Waals surface area contributed by atoms with E-state index in [1.54, 1.807) is 11.3 Å². The minimum absolute atomic E-state index is 0.189. The van der Waals surface area contributed by atoms with Crippen molar-refractivity contribution in [1.82, 2.24) is 4.98 Å². The molecule has 4 heteroatoms. The molecule has 0 saturated heterocycles. The van der Waals surface area contributed by atoms with Gasteiger partial charge in [0.25, 0.3) is 0 Å². The van der Waals surface area contributed by atoms with Crippen LogP contribution in [0, 0.1) is 5.92 Å². The highest BCUT2D eigenvalue weighted by molar-refractivity contribution is 7.15. The summed E-state index contributed by atoms with van der Waals surface area (Å²) in [6.07, 6.45) is 9.25. The third kappa shape index (κ3) is 2.37. The van der Waals surface area contributed by atoms with Gasteiger partial charge in [0.2, 0.25) is 5.91 Å². The molecular weight excluding hydrogens is 232 g/mol. The summed E-state index contributed by atoms with van der Waals surface area (Å²) in [5.74, 6) is 0.421. The fourth-order valence-corrected chi connectivity index (χ4v) is 3.85. The van der Waals surface area contributed by atoms with Crippen LogP contribution in [0.1, 0.15) is 49.1 Å². The fourth-order valence-electron chi connectivity index (χ4n) is 2.80. The molecule has 92 valence electrons. The van der Waals surface area contributed by atoms with E-state index in [4.69, 9.17) is 0 Å². The van der Waals surface area contributed by atoms with Crippen molar-refractivity contribution in [2.24, 2.45) is 5.92 Å². The molecule has 1 fully saturated rings. The van der Waals surface area contributed by atoms with Crippen LogP contribution in [-0.2, 0) is 17.6 Å². The molecule has 2 aliphatic carbocycles. The highest BCUT2D eigenvalue weighted by Crippen LogP contribution is 2.31. The third-order valence-electron chi connectivity index (χ3n) is 3.80. The lowest BCUT2D eigenvalue weighted by molar-refractivity contribution is -0.119. The molecule has 3 nitrogen and oxygen atoms in total. The molecule has 3 rings (SSSR count). The number of aryl methyl sites for hydroxylation is 2. The molecule has 1 N–H and O–H groups in total. The maximum Gasteiger partial charge on any atom is 0.229 e. The number of anilines is 1.